The lowest BCUT2D eigenvalue weighted by Crippen LogP contribution is -2.37. The molecule has 1 atom stereocenters. The van der Waals surface area contributed by atoms with E-state index in [-0.39, 0.29) is 24.2 Å². The van der Waals surface area contributed by atoms with Crippen molar-refractivity contribution in [2.75, 3.05) is 6.61 Å². The average molecular weight is 354 g/mol. The van der Waals surface area contributed by atoms with Crippen LogP contribution in [0.15, 0.2) is 29.2 Å². The number of hydrogen-bond acceptors (Lipinski definition) is 6. The second-order valence-electron chi connectivity index (χ2n) is 5.20. The summed E-state index contributed by atoms with van der Waals surface area (Å²) in [6.07, 6.45) is 1.64. The van der Waals surface area contributed by atoms with E-state index in [0.717, 1.165) is 12.8 Å². The summed E-state index contributed by atoms with van der Waals surface area (Å²) in [5.41, 5.74) is -0.00680. The van der Waals surface area contributed by atoms with E-state index in [9.17, 15) is 19.7 Å². The summed E-state index contributed by atoms with van der Waals surface area (Å²) in [6, 6.07) is 5.99. The van der Waals surface area contributed by atoms with Crippen molar-refractivity contribution in [3.8, 4) is 0 Å². The molecule has 1 amide bonds. The van der Waals surface area contributed by atoms with Gasteiger partial charge in [0.2, 0.25) is 0 Å². The fourth-order valence-electron chi connectivity index (χ4n) is 1.91. The largest absolute Gasteiger partial charge is 0.455 e. The van der Waals surface area contributed by atoms with Crippen molar-refractivity contribution < 1.29 is 19.2 Å². The number of carbonyl (C=O) groups is 2. The van der Waals surface area contributed by atoms with E-state index in [2.05, 4.69) is 5.32 Å². The van der Waals surface area contributed by atoms with E-state index in [1.54, 1.807) is 19.1 Å². The Morgan fingerprint density at radius 1 is 1.25 bits per heavy atom. The number of nitro benzene ring substituents is 1. The van der Waals surface area contributed by atoms with Crippen LogP contribution in [0, 0.1) is 10.1 Å². The summed E-state index contributed by atoms with van der Waals surface area (Å²) in [7, 11) is 0. The third kappa shape index (κ3) is 6.57. The van der Waals surface area contributed by atoms with Crippen LogP contribution in [-0.2, 0) is 14.3 Å². The number of carbonyl (C=O) groups excluding carboxylic acids is 2. The van der Waals surface area contributed by atoms with Crippen LogP contribution in [0.5, 0.6) is 0 Å². The van der Waals surface area contributed by atoms with Crippen LogP contribution in [0.3, 0.4) is 0 Å². The highest BCUT2D eigenvalue weighted by Gasteiger charge is 2.18. The Morgan fingerprint density at radius 2 is 1.83 bits per heavy atom. The van der Waals surface area contributed by atoms with Gasteiger partial charge in [-0.1, -0.05) is 13.8 Å². The molecule has 1 rings (SSSR count). The van der Waals surface area contributed by atoms with Gasteiger partial charge in [-0.3, -0.25) is 19.7 Å². The Hall–Kier alpha value is -2.09. The van der Waals surface area contributed by atoms with E-state index < -0.39 is 16.1 Å². The maximum atomic E-state index is 11.9. The smallest absolute Gasteiger partial charge is 0.319 e. The fraction of sp³-hybridized carbons (Fsp3) is 0.500. The van der Waals surface area contributed by atoms with Gasteiger partial charge in [0, 0.05) is 23.1 Å². The van der Waals surface area contributed by atoms with Crippen LogP contribution in [-0.4, -0.2) is 34.7 Å². The molecule has 0 aliphatic heterocycles. The van der Waals surface area contributed by atoms with Crippen LogP contribution in [0.25, 0.3) is 0 Å². The third-order valence-electron chi connectivity index (χ3n) is 3.39. The minimum atomic E-state index is -0.521. The predicted octanol–water partition coefficient (Wildman–Crippen LogP) is 2.92. The first-order valence-corrected chi connectivity index (χ1v) is 8.62. The zero-order valence-corrected chi connectivity index (χ0v) is 14.8. The number of esters is 1. The molecule has 24 heavy (non-hydrogen) atoms. The second-order valence-corrected chi connectivity index (χ2v) is 6.61. The van der Waals surface area contributed by atoms with Gasteiger partial charge in [-0.05, 0) is 31.9 Å². The van der Waals surface area contributed by atoms with E-state index in [1.165, 1.54) is 23.9 Å². The first-order valence-electron chi connectivity index (χ1n) is 7.74. The Bertz CT molecular complexity index is 572. The Balaban J connectivity index is 2.44. The first-order chi connectivity index (χ1) is 11.4. The number of non-ortho nitro benzene ring substituents is 1. The topological polar surface area (TPSA) is 98.5 Å². The molecule has 1 aromatic carbocycles. The summed E-state index contributed by atoms with van der Waals surface area (Å²) in [5.74, 6) is -0.817. The number of nitrogens with zero attached hydrogens (tertiary/aromatic N) is 1. The van der Waals surface area contributed by atoms with Gasteiger partial charge in [-0.2, -0.15) is 0 Å². The number of amides is 1. The van der Waals surface area contributed by atoms with E-state index in [1.807, 2.05) is 13.8 Å². The van der Waals surface area contributed by atoms with E-state index >= 15 is 0 Å². The molecule has 1 aromatic rings. The van der Waals surface area contributed by atoms with Gasteiger partial charge >= 0.3 is 5.97 Å². The summed E-state index contributed by atoms with van der Waals surface area (Å²) >= 11 is 1.22. The highest BCUT2D eigenvalue weighted by molar-refractivity contribution is 8.00. The van der Waals surface area contributed by atoms with Gasteiger partial charge in [0.25, 0.3) is 11.6 Å². The zero-order valence-electron chi connectivity index (χ0n) is 14.0. The number of thioether (sulfide) groups is 1. The molecule has 0 heterocycles. The molecule has 0 radical (unpaired) electrons. The lowest BCUT2D eigenvalue weighted by molar-refractivity contribution is -0.384. The molecule has 132 valence electrons. The van der Waals surface area contributed by atoms with Gasteiger partial charge in [-0.25, -0.2) is 0 Å². The predicted molar refractivity (Wildman–Crippen MR) is 91.9 cm³/mol. The SMILES string of the molecule is CCC(CC)NC(=O)COC(=O)[C@H](C)Sc1ccc([N+](=O)[O-])cc1. The molecule has 0 aliphatic carbocycles. The van der Waals surface area contributed by atoms with Gasteiger partial charge < -0.3 is 10.1 Å². The van der Waals surface area contributed by atoms with Crippen molar-refractivity contribution in [2.45, 2.75) is 49.8 Å². The van der Waals surface area contributed by atoms with Crippen molar-refractivity contribution in [1.29, 1.82) is 0 Å². The van der Waals surface area contributed by atoms with Crippen molar-refractivity contribution in [2.24, 2.45) is 0 Å². The molecule has 8 heteroatoms. The molecule has 7 nitrogen and oxygen atoms in total. The van der Waals surface area contributed by atoms with Crippen molar-refractivity contribution in [3.05, 3.63) is 34.4 Å². The molecule has 0 aliphatic rings. The Morgan fingerprint density at radius 3 is 2.33 bits per heavy atom. The molecule has 0 spiro atoms. The molecular weight excluding hydrogens is 332 g/mol. The van der Waals surface area contributed by atoms with Gasteiger partial charge in [-0.15, -0.1) is 11.8 Å². The molecule has 0 aromatic heterocycles. The molecule has 1 N–H and O–H groups in total. The molecule has 0 unspecified atom stereocenters. The summed E-state index contributed by atoms with van der Waals surface area (Å²) < 4.78 is 5.01. The van der Waals surface area contributed by atoms with Gasteiger partial charge in [0.1, 0.15) is 5.25 Å². The number of hydrogen-bond donors (Lipinski definition) is 1. The second kappa shape index (κ2) is 9.92. The minimum absolute atomic E-state index is 0.00680. The highest BCUT2D eigenvalue weighted by atomic mass is 32.2. The summed E-state index contributed by atoms with van der Waals surface area (Å²) in [6.45, 7) is 5.31. The monoisotopic (exact) mass is 354 g/mol. The van der Waals surface area contributed by atoms with Gasteiger partial charge in [0.05, 0.1) is 4.92 Å². The fourth-order valence-corrected chi connectivity index (χ4v) is 2.78. The van der Waals surface area contributed by atoms with Crippen LogP contribution >= 0.6 is 11.8 Å². The average Bonchev–Trinajstić information content (AvgIpc) is 2.57. The molecule has 0 bridgehead atoms. The summed E-state index contributed by atoms with van der Waals surface area (Å²) in [4.78, 5) is 34.5. The Labute approximate surface area is 145 Å². The molecule has 0 saturated heterocycles. The summed E-state index contributed by atoms with van der Waals surface area (Å²) in [5, 5.41) is 12.9. The number of nitrogens with one attached hydrogen (secondary N) is 1. The van der Waals surface area contributed by atoms with Crippen LogP contribution in [0.1, 0.15) is 33.6 Å². The first kappa shape index (κ1) is 20.0. The number of nitro groups is 1. The van der Waals surface area contributed by atoms with Crippen LogP contribution in [0.2, 0.25) is 0 Å². The standard InChI is InChI=1S/C16H22N2O5S/c1-4-12(5-2)17-15(19)10-23-16(20)11(3)24-14-8-6-13(7-9-14)18(21)22/h6-9,11-12H,4-5,10H2,1-3H3,(H,17,19)/t11-/m0/s1. The number of rotatable bonds is 9. The maximum Gasteiger partial charge on any atom is 0.319 e. The normalized spacial score (nSPS) is 11.8. The van der Waals surface area contributed by atoms with Crippen molar-refractivity contribution in [3.63, 3.8) is 0 Å². The lowest BCUT2D eigenvalue weighted by atomic mass is 10.2. The zero-order chi connectivity index (χ0) is 18.1. The quantitative estimate of drug-likeness (QED) is 0.317. The highest BCUT2D eigenvalue weighted by Crippen LogP contribution is 2.25. The third-order valence-corrected chi connectivity index (χ3v) is 4.48. The molecule has 0 fully saturated rings. The molecule has 0 saturated carbocycles. The molecular formula is C16H22N2O5S. The van der Waals surface area contributed by atoms with Crippen molar-refractivity contribution in [1.82, 2.24) is 5.32 Å². The van der Waals surface area contributed by atoms with Crippen LogP contribution < -0.4 is 5.32 Å². The Kier molecular flexibility index (Phi) is 8.25. The van der Waals surface area contributed by atoms with Gasteiger partial charge in [0.15, 0.2) is 6.61 Å². The van der Waals surface area contributed by atoms with E-state index in [0.29, 0.717) is 4.90 Å². The van der Waals surface area contributed by atoms with Crippen molar-refractivity contribution >= 4 is 29.3 Å². The maximum absolute atomic E-state index is 11.9. The lowest BCUT2D eigenvalue weighted by Gasteiger charge is -2.15. The number of ether oxygens (including phenoxy) is 1. The number of benzene rings is 1. The minimum Gasteiger partial charge on any atom is -0.455 e. The van der Waals surface area contributed by atoms with Crippen LogP contribution in [0.4, 0.5) is 5.69 Å². The van der Waals surface area contributed by atoms with E-state index in [4.69, 9.17) is 4.74 Å².